The minimum Gasteiger partial charge on any atom is -0.465 e. The van der Waals surface area contributed by atoms with Crippen LogP contribution in [0.4, 0.5) is 0 Å². The molecule has 2 amide bonds. The molecule has 1 aliphatic rings. The van der Waals surface area contributed by atoms with Gasteiger partial charge in [-0.15, -0.1) is 0 Å². The highest BCUT2D eigenvalue weighted by atomic mass is 16.3. The van der Waals surface area contributed by atoms with Crippen LogP contribution in [0.1, 0.15) is 44.3 Å². The molecule has 0 unspecified atom stereocenters. The van der Waals surface area contributed by atoms with Gasteiger partial charge in [0.05, 0.1) is 12.8 Å². The van der Waals surface area contributed by atoms with Gasteiger partial charge in [0.15, 0.2) is 0 Å². The molecule has 2 rings (SSSR count). The summed E-state index contributed by atoms with van der Waals surface area (Å²) in [5, 5.41) is 5.56. The molecule has 21 heavy (non-hydrogen) atoms. The van der Waals surface area contributed by atoms with Crippen LogP contribution >= 0.6 is 0 Å². The van der Waals surface area contributed by atoms with Crippen LogP contribution in [0.2, 0.25) is 0 Å². The molecule has 114 valence electrons. The topological polar surface area (TPSA) is 71.3 Å². The first-order valence-corrected chi connectivity index (χ1v) is 7.53. The standard InChI is InChI=1S/C16H22N2O3/c19-15(10-9-14-8-5-11-21-14)17-12-16(20)18-13-6-3-1-2-4-7-13/h5,8-11,13H,1-4,6-7,12H2,(H,17,19)(H,18,20)/b10-9+. The van der Waals surface area contributed by atoms with Crippen molar-refractivity contribution in [3.63, 3.8) is 0 Å². The highest BCUT2D eigenvalue weighted by molar-refractivity contribution is 5.94. The zero-order valence-electron chi connectivity index (χ0n) is 12.1. The fourth-order valence-corrected chi connectivity index (χ4v) is 2.47. The Bertz CT molecular complexity index is 472. The van der Waals surface area contributed by atoms with E-state index in [-0.39, 0.29) is 24.4 Å². The molecule has 0 aromatic carbocycles. The Labute approximate surface area is 124 Å². The molecule has 5 nitrogen and oxygen atoms in total. The number of rotatable bonds is 5. The average molecular weight is 290 g/mol. The minimum atomic E-state index is -0.303. The summed E-state index contributed by atoms with van der Waals surface area (Å²) in [5.41, 5.74) is 0. The lowest BCUT2D eigenvalue weighted by molar-refractivity contribution is -0.124. The van der Waals surface area contributed by atoms with Crippen molar-refractivity contribution in [1.82, 2.24) is 10.6 Å². The van der Waals surface area contributed by atoms with Gasteiger partial charge in [-0.05, 0) is 31.1 Å². The highest BCUT2D eigenvalue weighted by Gasteiger charge is 2.14. The third kappa shape index (κ3) is 5.85. The van der Waals surface area contributed by atoms with Gasteiger partial charge in [-0.2, -0.15) is 0 Å². The van der Waals surface area contributed by atoms with Crippen LogP contribution in [-0.2, 0) is 9.59 Å². The van der Waals surface area contributed by atoms with E-state index in [0.717, 1.165) is 12.8 Å². The first kappa shape index (κ1) is 15.4. The minimum absolute atomic E-state index is 0.0117. The largest absolute Gasteiger partial charge is 0.465 e. The molecule has 1 aromatic heterocycles. The number of carbonyl (C=O) groups excluding carboxylic acids is 2. The van der Waals surface area contributed by atoms with Crippen molar-refractivity contribution in [2.45, 2.75) is 44.6 Å². The van der Waals surface area contributed by atoms with Gasteiger partial charge in [-0.3, -0.25) is 9.59 Å². The molecule has 0 bridgehead atoms. The second kappa shape index (κ2) is 8.29. The molecule has 1 heterocycles. The molecule has 0 radical (unpaired) electrons. The van der Waals surface area contributed by atoms with E-state index in [1.54, 1.807) is 18.2 Å². The molecular formula is C16H22N2O3. The molecule has 0 saturated heterocycles. The van der Waals surface area contributed by atoms with Crippen molar-refractivity contribution in [2.24, 2.45) is 0 Å². The molecule has 2 N–H and O–H groups in total. The van der Waals surface area contributed by atoms with E-state index < -0.39 is 0 Å². The van der Waals surface area contributed by atoms with Crippen molar-refractivity contribution in [3.8, 4) is 0 Å². The number of nitrogens with one attached hydrogen (secondary N) is 2. The summed E-state index contributed by atoms with van der Waals surface area (Å²) in [5.74, 6) is 0.178. The molecule has 5 heteroatoms. The van der Waals surface area contributed by atoms with Crippen molar-refractivity contribution in [1.29, 1.82) is 0 Å². The Morgan fingerprint density at radius 2 is 2.00 bits per heavy atom. The first-order chi connectivity index (χ1) is 10.2. The van der Waals surface area contributed by atoms with Gasteiger partial charge >= 0.3 is 0 Å². The van der Waals surface area contributed by atoms with E-state index in [2.05, 4.69) is 10.6 Å². The van der Waals surface area contributed by atoms with Crippen molar-refractivity contribution in [2.75, 3.05) is 6.54 Å². The summed E-state index contributed by atoms with van der Waals surface area (Å²) in [4.78, 5) is 23.4. The zero-order chi connectivity index (χ0) is 14.9. The van der Waals surface area contributed by atoms with Gasteiger partial charge in [0.1, 0.15) is 5.76 Å². The van der Waals surface area contributed by atoms with Gasteiger partial charge in [-0.1, -0.05) is 25.7 Å². The highest BCUT2D eigenvalue weighted by Crippen LogP contribution is 2.16. The van der Waals surface area contributed by atoms with Gasteiger partial charge in [-0.25, -0.2) is 0 Å². The van der Waals surface area contributed by atoms with Gasteiger partial charge < -0.3 is 15.1 Å². The van der Waals surface area contributed by atoms with Crippen LogP contribution in [0.15, 0.2) is 28.9 Å². The molecule has 1 saturated carbocycles. The third-order valence-corrected chi connectivity index (χ3v) is 3.59. The van der Waals surface area contributed by atoms with Crippen molar-refractivity contribution < 1.29 is 14.0 Å². The number of hydrogen-bond acceptors (Lipinski definition) is 3. The fourth-order valence-electron chi connectivity index (χ4n) is 2.47. The third-order valence-electron chi connectivity index (χ3n) is 3.59. The fraction of sp³-hybridized carbons (Fsp3) is 0.500. The van der Waals surface area contributed by atoms with Crippen LogP contribution < -0.4 is 10.6 Å². The Kier molecular flexibility index (Phi) is 6.06. The van der Waals surface area contributed by atoms with Gasteiger partial charge in [0.25, 0.3) is 0 Å². The molecule has 1 aromatic rings. The van der Waals surface area contributed by atoms with Gasteiger partial charge in [0, 0.05) is 12.1 Å². The number of amides is 2. The summed E-state index contributed by atoms with van der Waals surface area (Å²) in [6.45, 7) is 0.0117. The average Bonchev–Trinajstić information content (AvgIpc) is 2.87. The molecule has 1 aliphatic carbocycles. The van der Waals surface area contributed by atoms with Crippen molar-refractivity contribution in [3.05, 3.63) is 30.2 Å². The SMILES string of the molecule is O=C(/C=C/c1ccco1)NCC(=O)NC1CCCCCC1. The van der Waals surface area contributed by atoms with Crippen LogP contribution in [0, 0.1) is 0 Å². The molecule has 0 atom stereocenters. The van der Waals surface area contributed by atoms with E-state index in [1.807, 2.05) is 0 Å². The van der Waals surface area contributed by atoms with E-state index in [0.29, 0.717) is 5.76 Å². The maximum atomic E-state index is 11.8. The smallest absolute Gasteiger partial charge is 0.244 e. The Morgan fingerprint density at radius 3 is 2.67 bits per heavy atom. The second-order valence-corrected chi connectivity index (χ2v) is 5.32. The van der Waals surface area contributed by atoms with Crippen molar-refractivity contribution >= 4 is 17.9 Å². The quantitative estimate of drug-likeness (QED) is 0.645. The van der Waals surface area contributed by atoms with Crippen LogP contribution in [0.3, 0.4) is 0 Å². The number of hydrogen-bond donors (Lipinski definition) is 2. The lowest BCUT2D eigenvalue weighted by Gasteiger charge is -2.16. The molecular weight excluding hydrogens is 268 g/mol. The molecule has 1 fully saturated rings. The van der Waals surface area contributed by atoms with E-state index in [9.17, 15) is 9.59 Å². The van der Waals surface area contributed by atoms with E-state index in [4.69, 9.17) is 4.42 Å². The van der Waals surface area contributed by atoms with Crippen LogP contribution in [0.25, 0.3) is 6.08 Å². The van der Waals surface area contributed by atoms with E-state index in [1.165, 1.54) is 38.0 Å². The summed E-state index contributed by atoms with van der Waals surface area (Å²) >= 11 is 0. The lowest BCUT2D eigenvalue weighted by Crippen LogP contribution is -2.41. The Hall–Kier alpha value is -2.04. The van der Waals surface area contributed by atoms with Crippen LogP contribution in [-0.4, -0.2) is 24.4 Å². The maximum Gasteiger partial charge on any atom is 0.244 e. The summed E-state index contributed by atoms with van der Waals surface area (Å²) in [7, 11) is 0. The molecule has 0 spiro atoms. The predicted octanol–water partition coefficient (Wildman–Crippen LogP) is 2.25. The van der Waals surface area contributed by atoms with Gasteiger partial charge in [0.2, 0.25) is 11.8 Å². The Balaban J connectivity index is 1.67. The monoisotopic (exact) mass is 290 g/mol. The summed E-state index contributed by atoms with van der Waals surface area (Å²) in [6, 6.07) is 3.76. The Morgan fingerprint density at radius 1 is 1.24 bits per heavy atom. The maximum absolute atomic E-state index is 11.8. The summed E-state index contributed by atoms with van der Waals surface area (Å²) < 4.78 is 5.08. The second-order valence-electron chi connectivity index (χ2n) is 5.32. The number of furan rings is 1. The lowest BCUT2D eigenvalue weighted by atomic mass is 10.1. The summed E-state index contributed by atoms with van der Waals surface area (Å²) in [6.07, 6.45) is 11.4. The van der Waals surface area contributed by atoms with Crippen LogP contribution in [0.5, 0.6) is 0 Å². The normalized spacial score (nSPS) is 16.6. The zero-order valence-corrected chi connectivity index (χ0v) is 12.1. The van der Waals surface area contributed by atoms with E-state index >= 15 is 0 Å². The number of carbonyl (C=O) groups is 2. The first-order valence-electron chi connectivity index (χ1n) is 7.53. The predicted molar refractivity (Wildman–Crippen MR) is 80.4 cm³/mol. The molecule has 0 aliphatic heterocycles.